The molecule has 0 amide bonds. The Labute approximate surface area is 179 Å². The molecular weight excluding hydrogens is 352 g/mol. The van der Waals surface area contributed by atoms with Gasteiger partial charge in [0.25, 0.3) is 0 Å². The molecule has 4 rings (SSSR count). The molecular formula is C27H44N2. The normalized spacial score (nSPS) is 41.8. The lowest BCUT2D eigenvalue weighted by Crippen LogP contribution is -2.57. The van der Waals surface area contributed by atoms with Gasteiger partial charge in [-0.2, -0.15) is 0 Å². The highest BCUT2D eigenvalue weighted by Gasteiger charge is 2.53. The zero-order chi connectivity index (χ0) is 20.8. The van der Waals surface area contributed by atoms with Gasteiger partial charge in [0.05, 0.1) is 0 Å². The fraction of sp³-hybridized carbons (Fsp3) is 0.778. The standard InChI is InChI=1S/C27H44N2/c1-6-25(4)14-21-15-26(5,20-29-23-12-13-28-19-24(23,2)3)18-27(16-21,17-25)22-10-8-7-9-11-22/h7-11,21,23,28-29H,6,12-20H2,1-5H3. The molecule has 2 nitrogen and oxygen atoms in total. The summed E-state index contributed by atoms with van der Waals surface area (Å²) in [4.78, 5) is 0. The Morgan fingerprint density at radius 2 is 1.66 bits per heavy atom. The second kappa shape index (κ2) is 7.68. The van der Waals surface area contributed by atoms with Crippen LogP contribution in [-0.2, 0) is 5.41 Å². The summed E-state index contributed by atoms with van der Waals surface area (Å²) in [7, 11) is 0. The van der Waals surface area contributed by atoms with Crippen molar-refractivity contribution in [3.63, 3.8) is 0 Å². The fourth-order valence-corrected chi connectivity index (χ4v) is 7.58. The van der Waals surface area contributed by atoms with E-state index in [1.54, 1.807) is 5.56 Å². The lowest BCUT2D eigenvalue weighted by Gasteiger charge is -2.58. The summed E-state index contributed by atoms with van der Waals surface area (Å²) in [6.45, 7) is 15.9. The third kappa shape index (κ3) is 4.30. The van der Waals surface area contributed by atoms with E-state index >= 15 is 0 Å². The largest absolute Gasteiger partial charge is 0.316 e. The van der Waals surface area contributed by atoms with E-state index in [1.807, 2.05) is 0 Å². The molecule has 1 aromatic carbocycles. The smallest absolute Gasteiger partial charge is 0.0143 e. The minimum atomic E-state index is 0.344. The van der Waals surface area contributed by atoms with Crippen molar-refractivity contribution in [3.8, 4) is 0 Å². The van der Waals surface area contributed by atoms with Crippen molar-refractivity contribution in [1.29, 1.82) is 0 Å². The first-order valence-electron chi connectivity index (χ1n) is 12.2. The van der Waals surface area contributed by atoms with Gasteiger partial charge in [-0.25, -0.2) is 0 Å². The Balaban J connectivity index is 1.57. The van der Waals surface area contributed by atoms with Gasteiger partial charge in [-0.1, -0.05) is 71.4 Å². The van der Waals surface area contributed by atoms with E-state index < -0.39 is 0 Å². The molecule has 0 spiro atoms. The Bertz CT molecular complexity index is 698. The number of hydrogen-bond acceptors (Lipinski definition) is 2. The van der Waals surface area contributed by atoms with Crippen LogP contribution < -0.4 is 10.6 Å². The monoisotopic (exact) mass is 396 g/mol. The highest BCUT2D eigenvalue weighted by molar-refractivity contribution is 5.29. The predicted molar refractivity (Wildman–Crippen MR) is 124 cm³/mol. The molecule has 3 fully saturated rings. The average Bonchev–Trinajstić information content (AvgIpc) is 2.66. The highest BCUT2D eigenvalue weighted by atomic mass is 15.0. The molecule has 1 heterocycles. The molecule has 2 heteroatoms. The molecule has 29 heavy (non-hydrogen) atoms. The van der Waals surface area contributed by atoms with Crippen molar-refractivity contribution in [2.24, 2.45) is 22.2 Å². The number of hydrogen-bond donors (Lipinski definition) is 2. The van der Waals surface area contributed by atoms with E-state index in [0.29, 0.717) is 27.7 Å². The minimum Gasteiger partial charge on any atom is -0.316 e. The van der Waals surface area contributed by atoms with E-state index in [-0.39, 0.29) is 0 Å². The molecule has 2 N–H and O–H groups in total. The summed E-state index contributed by atoms with van der Waals surface area (Å²) in [5, 5.41) is 7.66. The zero-order valence-corrected chi connectivity index (χ0v) is 19.6. The number of benzene rings is 1. The summed E-state index contributed by atoms with van der Waals surface area (Å²) in [6.07, 6.45) is 9.50. The van der Waals surface area contributed by atoms with Gasteiger partial charge in [-0.05, 0) is 78.2 Å². The van der Waals surface area contributed by atoms with Crippen LogP contribution in [0.25, 0.3) is 0 Å². The fourth-order valence-electron chi connectivity index (χ4n) is 7.58. The van der Waals surface area contributed by atoms with Gasteiger partial charge in [0.15, 0.2) is 0 Å². The van der Waals surface area contributed by atoms with E-state index in [0.717, 1.165) is 19.0 Å². The lowest BCUT2D eigenvalue weighted by atomic mass is 9.47. The molecule has 2 saturated carbocycles. The van der Waals surface area contributed by atoms with Crippen LogP contribution in [0.15, 0.2) is 30.3 Å². The molecule has 162 valence electrons. The zero-order valence-electron chi connectivity index (χ0n) is 19.6. The second-order valence-corrected chi connectivity index (χ2v) is 12.3. The van der Waals surface area contributed by atoms with Crippen LogP contribution in [0.5, 0.6) is 0 Å². The average molecular weight is 397 g/mol. The molecule has 5 unspecified atom stereocenters. The van der Waals surface area contributed by atoms with Crippen molar-refractivity contribution >= 4 is 0 Å². The van der Waals surface area contributed by atoms with Gasteiger partial charge in [0, 0.05) is 19.1 Å². The van der Waals surface area contributed by atoms with Crippen LogP contribution in [0.1, 0.15) is 85.1 Å². The van der Waals surface area contributed by atoms with Gasteiger partial charge in [-0.3, -0.25) is 0 Å². The molecule has 1 aromatic rings. The second-order valence-electron chi connectivity index (χ2n) is 12.3. The summed E-state index contributed by atoms with van der Waals surface area (Å²) in [6, 6.07) is 12.2. The van der Waals surface area contributed by atoms with Crippen molar-refractivity contribution in [3.05, 3.63) is 35.9 Å². The molecule has 0 aromatic heterocycles. The molecule has 1 aliphatic heterocycles. The van der Waals surface area contributed by atoms with Crippen LogP contribution in [0.3, 0.4) is 0 Å². The first-order valence-corrected chi connectivity index (χ1v) is 12.2. The van der Waals surface area contributed by atoms with Gasteiger partial charge in [0.2, 0.25) is 0 Å². The number of fused-ring (bicyclic) bond motifs is 2. The van der Waals surface area contributed by atoms with Crippen LogP contribution >= 0.6 is 0 Å². The first-order chi connectivity index (χ1) is 13.7. The SMILES string of the molecule is CCC1(C)CC2CC(C)(CNC3CCNCC3(C)C)CC(c3ccccc3)(C2)C1. The van der Waals surface area contributed by atoms with Crippen LogP contribution in [0, 0.1) is 22.2 Å². The van der Waals surface area contributed by atoms with Gasteiger partial charge in [0.1, 0.15) is 0 Å². The Hall–Kier alpha value is -0.860. The topological polar surface area (TPSA) is 24.1 Å². The van der Waals surface area contributed by atoms with E-state index in [1.165, 1.54) is 51.5 Å². The first kappa shape index (κ1) is 21.4. The molecule has 5 atom stereocenters. The van der Waals surface area contributed by atoms with Crippen LogP contribution in [0.2, 0.25) is 0 Å². The molecule has 1 saturated heterocycles. The van der Waals surface area contributed by atoms with E-state index in [4.69, 9.17) is 0 Å². The summed E-state index contributed by atoms with van der Waals surface area (Å²) in [5.74, 6) is 0.871. The lowest BCUT2D eigenvalue weighted by molar-refractivity contribution is -0.0237. The van der Waals surface area contributed by atoms with E-state index in [9.17, 15) is 0 Å². The van der Waals surface area contributed by atoms with Gasteiger partial charge in [-0.15, -0.1) is 0 Å². The molecule has 3 aliphatic rings. The number of nitrogens with one attached hydrogen (secondary N) is 2. The van der Waals surface area contributed by atoms with Crippen molar-refractivity contribution in [2.75, 3.05) is 19.6 Å². The third-order valence-electron chi connectivity index (χ3n) is 8.92. The van der Waals surface area contributed by atoms with Crippen LogP contribution in [-0.4, -0.2) is 25.7 Å². The Morgan fingerprint density at radius 3 is 2.34 bits per heavy atom. The van der Waals surface area contributed by atoms with Crippen molar-refractivity contribution < 1.29 is 0 Å². The van der Waals surface area contributed by atoms with E-state index in [2.05, 4.69) is 75.6 Å². The number of rotatable bonds is 5. The maximum atomic E-state index is 4.07. The molecule has 2 aliphatic carbocycles. The maximum Gasteiger partial charge on any atom is 0.0143 e. The highest BCUT2D eigenvalue weighted by Crippen LogP contribution is 2.61. The predicted octanol–water partition coefficient (Wildman–Crippen LogP) is 5.92. The molecule has 2 bridgehead atoms. The quantitative estimate of drug-likeness (QED) is 0.645. The maximum absolute atomic E-state index is 4.07. The Morgan fingerprint density at radius 1 is 0.966 bits per heavy atom. The van der Waals surface area contributed by atoms with Crippen LogP contribution in [0.4, 0.5) is 0 Å². The summed E-state index contributed by atoms with van der Waals surface area (Å²) >= 11 is 0. The number of piperidine rings is 1. The van der Waals surface area contributed by atoms with Gasteiger partial charge >= 0.3 is 0 Å². The summed E-state index contributed by atoms with van der Waals surface area (Å²) in [5.41, 5.74) is 3.22. The molecule has 0 radical (unpaired) electrons. The minimum absolute atomic E-state index is 0.344. The Kier molecular flexibility index (Phi) is 5.66. The van der Waals surface area contributed by atoms with Gasteiger partial charge < -0.3 is 10.6 Å². The third-order valence-corrected chi connectivity index (χ3v) is 8.92. The van der Waals surface area contributed by atoms with Crippen molar-refractivity contribution in [1.82, 2.24) is 10.6 Å². The van der Waals surface area contributed by atoms with Crippen molar-refractivity contribution in [2.45, 2.75) is 91.0 Å². The summed E-state index contributed by atoms with van der Waals surface area (Å²) < 4.78 is 0.